The lowest BCUT2D eigenvalue weighted by Gasteiger charge is -2.05. The molecule has 0 unspecified atom stereocenters. The Kier molecular flexibility index (Phi) is 3.30. The second-order valence-electron chi connectivity index (χ2n) is 3.88. The Morgan fingerprint density at radius 1 is 1.16 bits per heavy atom. The minimum absolute atomic E-state index is 0.109. The van der Waals surface area contributed by atoms with Gasteiger partial charge in [0.15, 0.2) is 0 Å². The molecule has 7 heteroatoms. The predicted molar refractivity (Wildman–Crippen MR) is 67.5 cm³/mol. The highest BCUT2D eigenvalue weighted by Gasteiger charge is 2.14. The van der Waals surface area contributed by atoms with E-state index in [1.54, 1.807) is 18.2 Å². The van der Waals surface area contributed by atoms with Gasteiger partial charge in [-0.3, -0.25) is 0 Å². The van der Waals surface area contributed by atoms with E-state index in [2.05, 4.69) is 9.97 Å². The SMILES string of the molecule is CS(=O)(=O)c1ncc(-c2ccccc2C(=O)O)cn1. The van der Waals surface area contributed by atoms with Crippen LogP contribution in [-0.2, 0) is 9.84 Å². The fourth-order valence-corrected chi connectivity index (χ4v) is 2.06. The van der Waals surface area contributed by atoms with Gasteiger partial charge in [-0.2, -0.15) is 0 Å². The summed E-state index contributed by atoms with van der Waals surface area (Å²) in [5.74, 6) is -1.07. The quantitative estimate of drug-likeness (QED) is 0.848. The van der Waals surface area contributed by atoms with Gasteiger partial charge in [0.25, 0.3) is 0 Å². The van der Waals surface area contributed by atoms with Crippen LogP contribution in [0.3, 0.4) is 0 Å². The van der Waals surface area contributed by atoms with Gasteiger partial charge in [0, 0.05) is 24.2 Å². The minimum atomic E-state index is -3.47. The summed E-state index contributed by atoms with van der Waals surface area (Å²) < 4.78 is 22.5. The second kappa shape index (κ2) is 4.77. The number of aromatic nitrogens is 2. The number of carboxylic acids is 1. The summed E-state index contributed by atoms with van der Waals surface area (Å²) in [5.41, 5.74) is 0.999. The predicted octanol–water partition coefficient (Wildman–Crippen LogP) is 1.25. The Labute approximate surface area is 109 Å². The molecule has 98 valence electrons. The standard InChI is InChI=1S/C12H10N2O4S/c1-19(17,18)12-13-6-8(7-14-12)9-4-2-3-5-10(9)11(15)16/h2-7H,1H3,(H,15,16). The van der Waals surface area contributed by atoms with E-state index in [1.807, 2.05) is 0 Å². The van der Waals surface area contributed by atoms with Crippen LogP contribution >= 0.6 is 0 Å². The number of carbonyl (C=O) groups is 1. The van der Waals surface area contributed by atoms with Crippen molar-refractivity contribution < 1.29 is 18.3 Å². The summed E-state index contributed by atoms with van der Waals surface area (Å²) in [5, 5.41) is 8.79. The Morgan fingerprint density at radius 2 is 1.74 bits per heavy atom. The fourth-order valence-electron chi connectivity index (χ4n) is 1.57. The van der Waals surface area contributed by atoms with E-state index in [9.17, 15) is 13.2 Å². The maximum Gasteiger partial charge on any atom is 0.336 e. The molecule has 0 spiro atoms. The minimum Gasteiger partial charge on any atom is -0.478 e. The van der Waals surface area contributed by atoms with E-state index < -0.39 is 15.8 Å². The molecule has 0 amide bonds. The van der Waals surface area contributed by atoms with E-state index in [4.69, 9.17) is 5.11 Å². The molecule has 0 fully saturated rings. The number of rotatable bonds is 3. The monoisotopic (exact) mass is 278 g/mol. The highest BCUT2D eigenvalue weighted by Crippen LogP contribution is 2.22. The van der Waals surface area contributed by atoms with Crippen LogP contribution in [0, 0.1) is 0 Å². The second-order valence-corrected chi connectivity index (χ2v) is 5.79. The van der Waals surface area contributed by atoms with E-state index in [0.29, 0.717) is 11.1 Å². The first-order valence-electron chi connectivity index (χ1n) is 5.24. The summed E-state index contributed by atoms with van der Waals surface area (Å²) in [7, 11) is -3.47. The third-order valence-corrected chi connectivity index (χ3v) is 3.30. The van der Waals surface area contributed by atoms with Gasteiger partial charge in [0.1, 0.15) is 0 Å². The van der Waals surface area contributed by atoms with Crippen molar-refractivity contribution in [2.24, 2.45) is 0 Å². The topological polar surface area (TPSA) is 97.2 Å². The number of aromatic carboxylic acids is 1. The lowest BCUT2D eigenvalue weighted by Crippen LogP contribution is -2.04. The van der Waals surface area contributed by atoms with Gasteiger partial charge >= 0.3 is 5.97 Å². The van der Waals surface area contributed by atoms with Crippen molar-refractivity contribution in [3.63, 3.8) is 0 Å². The summed E-state index contributed by atoms with van der Waals surface area (Å²) in [6.07, 6.45) is 3.60. The van der Waals surface area contributed by atoms with Gasteiger partial charge in [-0.15, -0.1) is 0 Å². The number of carboxylic acid groups (broad SMARTS) is 1. The maximum atomic E-state index is 11.2. The first kappa shape index (κ1) is 13.2. The molecule has 0 aliphatic heterocycles. The summed E-state index contributed by atoms with van der Waals surface area (Å²) in [6.45, 7) is 0. The van der Waals surface area contributed by atoms with Crippen LogP contribution in [0.2, 0.25) is 0 Å². The molecule has 0 saturated heterocycles. The summed E-state index contributed by atoms with van der Waals surface area (Å²) >= 11 is 0. The van der Waals surface area contributed by atoms with Crippen molar-refractivity contribution in [1.29, 1.82) is 0 Å². The van der Waals surface area contributed by atoms with E-state index in [1.165, 1.54) is 18.5 Å². The maximum absolute atomic E-state index is 11.2. The number of sulfone groups is 1. The van der Waals surface area contributed by atoms with Gasteiger partial charge in [0.2, 0.25) is 15.0 Å². The average Bonchev–Trinajstić information content (AvgIpc) is 2.38. The number of hydrogen-bond acceptors (Lipinski definition) is 5. The highest BCUT2D eigenvalue weighted by atomic mass is 32.2. The lowest BCUT2D eigenvalue weighted by molar-refractivity contribution is 0.0697. The van der Waals surface area contributed by atoms with Gasteiger partial charge in [-0.1, -0.05) is 18.2 Å². The molecular weight excluding hydrogens is 268 g/mol. The van der Waals surface area contributed by atoms with Gasteiger partial charge < -0.3 is 5.11 Å². The van der Waals surface area contributed by atoms with Crippen molar-refractivity contribution in [3.05, 3.63) is 42.2 Å². The molecule has 19 heavy (non-hydrogen) atoms. The van der Waals surface area contributed by atoms with Crippen molar-refractivity contribution >= 4 is 15.8 Å². The zero-order valence-electron chi connectivity index (χ0n) is 9.94. The van der Waals surface area contributed by atoms with Crippen LogP contribution in [0.5, 0.6) is 0 Å². The zero-order valence-corrected chi connectivity index (χ0v) is 10.8. The van der Waals surface area contributed by atoms with Crippen LogP contribution in [0.4, 0.5) is 0 Å². The van der Waals surface area contributed by atoms with Crippen LogP contribution in [0.25, 0.3) is 11.1 Å². The van der Waals surface area contributed by atoms with Crippen LogP contribution < -0.4 is 0 Å². The van der Waals surface area contributed by atoms with Gasteiger partial charge in [0.05, 0.1) is 5.56 Å². The van der Waals surface area contributed by atoms with Gasteiger partial charge in [-0.25, -0.2) is 23.2 Å². The molecule has 0 aliphatic carbocycles. The van der Waals surface area contributed by atoms with E-state index in [0.717, 1.165) is 6.26 Å². The Hall–Kier alpha value is -2.28. The Bertz CT molecular complexity index is 724. The summed E-state index contributed by atoms with van der Waals surface area (Å²) in [4.78, 5) is 18.6. The molecule has 1 aromatic heterocycles. The van der Waals surface area contributed by atoms with Crippen molar-refractivity contribution in [1.82, 2.24) is 9.97 Å². The summed E-state index contributed by atoms with van der Waals surface area (Å²) in [6, 6.07) is 6.37. The highest BCUT2D eigenvalue weighted by molar-refractivity contribution is 7.90. The molecule has 1 aromatic carbocycles. The van der Waals surface area contributed by atoms with Crippen LogP contribution in [0.1, 0.15) is 10.4 Å². The molecule has 0 bridgehead atoms. The Balaban J connectivity index is 2.52. The average molecular weight is 278 g/mol. The molecule has 2 rings (SSSR count). The number of hydrogen-bond donors (Lipinski definition) is 1. The zero-order chi connectivity index (χ0) is 14.0. The third-order valence-electron chi connectivity index (χ3n) is 2.43. The molecule has 0 radical (unpaired) electrons. The molecule has 0 aliphatic rings. The van der Waals surface area contributed by atoms with Crippen molar-refractivity contribution in [2.75, 3.05) is 6.26 Å². The molecular formula is C12H10N2O4S. The van der Waals surface area contributed by atoms with E-state index >= 15 is 0 Å². The molecule has 1 heterocycles. The van der Waals surface area contributed by atoms with Gasteiger partial charge in [-0.05, 0) is 11.6 Å². The smallest absolute Gasteiger partial charge is 0.336 e. The first-order valence-corrected chi connectivity index (χ1v) is 7.13. The van der Waals surface area contributed by atoms with Crippen LogP contribution in [-0.4, -0.2) is 35.7 Å². The van der Waals surface area contributed by atoms with Crippen molar-refractivity contribution in [2.45, 2.75) is 5.16 Å². The molecule has 2 aromatic rings. The van der Waals surface area contributed by atoms with E-state index in [-0.39, 0.29) is 10.7 Å². The molecule has 6 nitrogen and oxygen atoms in total. The van der Waals surface area contributed by atoms with Crippen molar-refractivity contribution in [3.8, 4) is 11.1 Å². The molecule has 0 atom stereocenters. The largest absolute Gasteiger partial charge is 0.478 e. The number of nitrogens with zero attached hydrogens (tertiary/aromatic N) is 2. The lowest BCUT2D eigenvalue weighted by atomic mass is 10.0. The third kappa shape index (κ3) is 2.76. The molecule has 1 N–H and O–H groups in total. The first-order chi connectivity index (χ1) is 8.89. The number of benzene rings is 1. The normalized spacial score (nSPS) is 11.2. The Morgan fingerprint density at radius 3 is 2.26 bits per heavy atom. The molecule has 0 saturated carbocycles. The fraction of sp³-hybridized carbons (Fsp3) is 0.0833. The van der Waals surface area contributed by atoms with Crippen LogP contribution in [0.15, 0.2) is 41.8 Å².